The van der Waals surface area contributed by atoms with Crippen LogP contribution in [0.4, 0.5) is 0 Å². The number of carbonyl (C=O) groups is 1. The number of rotatable bonds is 7. The molecule has 0 radical (unpaired) electrons. The number of hydrogen-bond donors (Lipinski definition) is 3. The van der Waals surface area contributed by atoms with Crippen LogP contribution >= 0.6 is 0 Å². The van der Waals surface area contributed by atoms with Gasteiger partial charge in [0.2, 0.25) is 5.91 Å². The second kappa shape index (κ2) is 7.76. The van der Waals surface area contributed by atoms with Gasteiger partial charge in [0.15, 0.2) is 0 Å². The van der Waals surface area contributed by atoms with Crippen LogP contribution in [0, 0.1) is 0 Å². The van der Waals surface area contributed by atoms with Crippen LogP contribution in [0.3, 0.4) is 0 Å². The molecule has 0 heterocycles. The highest BCUT2D eigenvalue weighted by atomic mass is 16.3. The SMILES string of the molecule is CCN(CCCO)C(=O)[C@H](N)Cc1ccc(O)cc1. The lowest BCUT2D eigenvalue weighted by atomic mass is 10.1. The smallest absolute Gasteiger partial charge is 0.239 e. The quantitative estimate of drug-likeness (QED) is 0.670. The predicted molar refractivity (Wildman–Crippen MR) is 73.7 cm³/mol. The Morgan fingerprint density at radius 2 is 2.00 bits per heavy atom. The molecule has 1 aromatic carbocycles. The maximum absolute atomic E-state index is 12.1. The van der Waals surface area contributed by atoms with Gasteiger partial charge in [-0.25, -0.2) is 0 Å². The zero-order valence-corrected chi connectivity index (χ0v) is 11.2. The molecule has 19 heavy (non-hydrogen) atoms. The summed E-state index contributed by atoms with van der Waals surface area (Å²) in [6, 6.07) is 6.08. The number of nitrogens with zero attached hydrogens (tertiary/aromatic N) is 1. The number of hydrogen-bond acceptors (Lipinski definition) is 4. The van der Waals surface area contributed by atoms with Gasteiger partial charge in [0.25, 0.3) is 0 Å². The Bertz CT molecular complexity index is 392. The fraction of sp³-hybridized carbons (Fsp3) is 0.500. The number of phenols is 1. The van der Waals surface area contributed by atoms with Gasteiger partial charge >= 0.3 is 0 Å². The molecule has 1 amide bonds. The molecule has 0 fully saturated rings. The Morgan fingerprint density at radius 1 is 1.37 bits per heavy atom. The van der Waals surface area contributed by atoms with E-state index >= 15 is 0 Å². The highest BCUT2D eigenvalue weighted by Crippen LogP contribution is 2.11. The fourth-order valence-electron chi connectivity index (χ4n) is 1.89. The van der Waals surface area contributed by atoms with Crippen molar-refractivity contribution in [3.8, 4) is 5.75 Å². The van der Waals surface area contributed by atoms with Crippen molar-refractivity contribution >= 4 is 5.91 Å². The van der Waals surface area contributed by atoms with Crippen LogP contribution in [0.2, 0.25) is 0 Å². The van der Waals surface area contributed by atoms with Crippen LogP contribution in [0.25, 0.3) is 0 Å². The van der Waals surface area contributed by atoms with Gasteiger partial charge in [0.05, 0.1) is 6.04 Å². The first-order valence-electron chi connectivity index (χ1n) is 6.51. The third kappa shape index (κ3) is 4.89. The predicted octanol–water partition coefficient (Wildman–Crippen LogP) is 0.493. The van der Waals surface area contributed by atoms with Gasteiger partial charge < -0.3 is 20.8 Å². The molecule has 4 N–H and O–H groups in total. The topological polar surface area (TPSA) is 86.8 Å². The summed E-state index contributed by atoms with van der Waals surface area (Å²) < 4.78 is 0. The number of likely N-dealkylation sites (N-methyl/N-ethyl adjacent to an activating group) is 1. The molecule has 0 aliphatic rings. The van der Waals surface area contributed by atoms with Crippen LogP contribution < -0.4 is 5.73 Å². The molecule has 0 saturated heterocycles. The van der Waals surface area contributed by atoms with Crippen molar-refractivity contribution in [3.05, 3.63) is 29.8 Å². The molecule has 0 aliphatic heterocycles. The summed E-state index contributed by atoms with van der Waals surface area (Å²) in [6.07, 6.45) is 1.00. The first-order valence-corrected chi connectivity index (χ1v) is 6.51. The molecule has 5 nitrogen and oxygen atoms in total. The normalized spacial score (nSPS) is 12.2. The number of nitrogens with two attached hydrogens (primary N) is 1. The van der Waals surface area contributed by atoms with Crippen LogP contribution in [0.5, 0.6) is 5.75 Å². The van der Waals surface area contributed by atoms with Gasteiger partial charge in [-0.05, 0) is 37.5 Å². The molecule has 5 heteroatoms. The highest BCUT2D eigenvalue weighted by Gasteiger charge is 2.19. The summed E-state index contributed by atoms with van der Waals surface area (Å²) in [6.45, 7) is 3.07. The van der Waals surface area contributed by atoms with E-state index in [1.165, 1.54) is 0 Å². The van der Waals surface area contributed by atoms with Gasteiger partial charge in [0, 0.05) is 19.7 Å². The number of aromatic hydroxyl groups is 1. The van der Waals surface area contributed by atoms with Gasteiger partial charge in [-0.2, -0.15) is 0 Å². The molecule has 1 atom stereocenters. The van der Waals surface area contributed by atoms with Crippen molar-refractivity contribution in [2.75, 3.05) is 19.7 Å². The molecule has 1 aromatic rings. The van der Waals surface area contributed by atoms with E-state index in [-0.39, 0.29) is 18.3 Å². The van der Waals surface area contributed by atoms with E-state index in [4.69, 9.17) is 10.8 Å². The van der Waals surface area contributed by atoms with Gasteiger partial charge in [-0.3, -0.25) is 4.79 Å². The summed E-state index contributed by atoms with van der Waals surface area (Å²) in [5.41, 5.74) is 6.83. The Hall–Kier alpha value is -1.59. The largest absolute Gasteiger partial charge is 0.508 e. The fourth-order valence-corrected chi connectivity index (χ4v) is 1.89. The van der Waals surface area contributed by atoms with E-state index in [9.17, 15) is 9.90 Å². The van der Waals surface area contributed by atoms with Crippen LogP contribution in [0.15, 0.2) is 24.3 Å². The van der Waals surface area contributed by atoms with Crippen LogP contribution in [-0.4, -0.2) is 46.8 Å². The minimum Gasteiger partial charge on any atom is -0.508 e. The van der Waals surface area contributed by atoms with E-state index in [2.05, 4.69) is 0 Å². The van der Waals surface area contributed by atoms with Crippen molar-refractivity contribution in [2.24, 2.45) is 5.73 Å². The summed E-state index contributed by atoms with van der Waals surface area (Å²) in [5, 5.41) is 18.0. The second-order valence-corrected chi connectivity index (χ2v) is 4.47. The van der Waals surface area contributed by atoms with E-state index in [0.29, 0.717) is 25.9 Å². The summed E-state index contributed by atoms with van der Waals surface area (Å²) >= 11 is 0. The molecule has 0 saturated carbocycles. The monoisotopic (exact) mass is 266 g/mol. The Morgan fingerprint density at radius 3 is 2.53 bits per heavy atom. The number of aliphatic hydroxyl groups is 1. The van der Waals surface area contributed by atoms with E-state index in [0.717, 1.165) is 5.56 Å². The van der Waals surface area contributed by atoms with E-state index in [1.807, 2.05) is 6.92 Å². The Balaban J connectivity index is 2.57. The van der Waals surface area contributed by atoms with E-state index < -0.39 is 6.04 Å². The molecular formula is C14H22N2O3. The standard InChI is InChI=1S/C14H22N2O3/c1-2-16(8-3-9-17)14(19)13(15)10-11-4-6-12(18)7-5-11/h4-7,13,17-18H,2-3,8-10,15H2,1H3/t13-/m1/s1. The van der Waals surface area contributed by atoms with Gasteiger partial charge in [0.1, 0.15) is 5.75 Å². The minimum absolute atomic E-state index is 0.0664. The maximum Gasteiger partial charge on any atom is 0.239 e. The number of amides is 1. The van der Waals surface area contributed by atoms with Crippen molar-refractivity contribution in [3.63, 3.8) is 0 Å². The van der Waals surface area contributed by atoms with Crippen molar-refractivity contribution < 1.29 is 15.0 Å². The maximum atomic E-state index is 12.1. The van der Waals surface area contributed by atoms with Gasteiger partial charge in [-0.15, -0.1) is 0 Å². The zero-order valence-electron chi connectivity index (χ0n) is 11.2. The molecule has 0 aromatic heterocycles. The number of carbonyl (C=O) groups excluding carboxylic acids is 1. The average molecular weight is 266 g/mol. The third-order valence-corrected chi connectivity index (χ3v) is 2.99. The Kier molecular flexibility index (Phi) is 6.32. The number of aliphatic hydroxyl groups excluding tert-OH is 1. The summed E-state index contributed by atoms with van der Waals surface area (Å²) in [4.78, 5) is 13.8. The molecule has 0 unspecified atom stereocenters. The molecule has 1 rings (SSSR count). The molecular weight excluding hydrogens is 244 g/mol. The minimum atomic E-state index is -0.594. The first kappa shape index (κ1) is 15.5. The summed E-state index contributed by atoms with van der Waals surface area (Å²) in [7, 11) is 0. The summed E-state index contributed by atoms with van der Waals surface area (Å²) in [5.74, 6) is 0.0887. The zero-order chi connectivity index (χ0) is 14.3. The second-order valence-electron chi connectivity index (χ2n) is 4.47. The molecule has 0 spiro atoms. The lowest BCUT2D eigenvalue weighted by molar-refractivity contribution is -0.132. The Labute approximate surface area is 113 Å². The van der Waals surface area contributed by atoms with Gasteiger partial charge in [-0.1, -0.05) is 12.1 Å². The highest BCUT2D eigenvalue weighted by molar-refractivity contribution is 5.82. The van der Waals surface area contributed by atoms with Crippen molar-refractivity contribution in [2.45, 2.75) is 25.8 Å². The number of phenolic OH excluding ortho intramolecular Hbond substituents is 1. The molecule has 0 bridgehead atoms. The lowest BCUT2D eigenvalue weighted by Gasteiger charge is -2.24. The lowest BCUT2D eigenvalue weighted by Crippen LogP contribution is -2.45. The van der Waals surface area contributed by atoms with Crippen molar-refractivity contribution in [1.82, 2.24) is 4.90 Å². The molecule has 0 aliphatic carbocycles. The first-order chi connectivity index (χ1) is 9.08. The number of benzene rings is 1. The van der Waals surface area contributed by atoms with E-state index in [1.54, 1.807) is 29.2 Å². The average Bonchev–Trinajstić information content (AvgIpc) is 2.42. The third-order valence-electron chi connectivity index (χ3n) is 2.99. The van der Waals surface area contributed by atoms with Crippen LogP contribution in [0.1, 0.15) is 18.9 Å². The van der Waals surface area contributed by atoms with Crippen molar-refractivity contribution in [1.29, 1.82) is 0 Å². The molecule has 106 valence electrons. The van der Waals surface area contributed by atoms with Crippen LogP contribution in [-0.2, 0) is 11.2 Å².